The summed E-state index contributed by atoms with van der Waals surface area (Å²) in [5, 5.41) is 12.1. The molecule has 0 spiro atoms. The standard InChI is InChI=1S/C11H11NO2S2/c1-11(2,10(13)14)16-8-3-5-12-9-7(8)4-6-15-9/h3-6H,1-2H3,(H,13,14). The zero-order chi connectivity index (χ0) is 11.8. The van der Waals surface area contributed by atoms with E-state index in [0.29, 0.717) is 0 Å². The Hall–Kier alpha value is -1.07. The lowest BCUT2D eigenvalue weighted by molar-refractivity contribution is -0.138. The van der Waals surface area contributed by atoms with Crippen molar-refractivity contribution in [3.8, 4) is 0 Å². The van der Waals surface area contributed by atoms with Gasteiger partial charge in [-0.05, 0) is 31.4 Å². The normalized spacial score (nSPS) is 11.9. The number of fused-ring (bicyclic) bond motifs is 1. The SMILES string of the molecule is CC(C)(Sc1ccnc2sccc12)C(=O)O. The van der Waals surface area contributed by atoms with Crippen molar-refractivity contribution in [1.82, 2.24) is 4.98 Å². The van der Waals surface area contributed by atoms with Gasteiger partial charge in [0.25, 0.3) is 0 Å². The van der Waals surface area contributed by atoms with Crippen LogP contribution in [0.5, 0.6) is 0 Å². The van der Waals surface area contributed by atoms with Crippen LogP contribution in [0.3, 0.4) is 0 Å². The molecule has 0 aliphatic carbocycles. The highest BCUT2D eigenvalue weighted by Crippen LogP contribution is 2.37. The van der Waals surface area contributed by atoms with E-state index in [9.17, 15) is 4.79 Å². The first-order valence-electron chi connectivity index (χ1n) is 4.75. The molecule has 0 fully saturated rings. The quantitative estimate of drug-likeness (QED) is 0.853. The van der Waals surface area contributed by atoms with Gasteiger partial charge in [0.1, 0.15) is 9.58 Å². The Morgan fingerprint density at radius 1 is 1.50 bits per heavy atom. The van der Waals surface area contributed by atoms with E-state index in [2.05, 4.69) is 4.98 Å². The van der Waals surface area contributed by atoms with Crippen LogP contribution in [0.25, 0.3) is 10.2 Å². The molecule has 2 aromatic rings. The maximum atomic E-state index is 11.1. The molecular formula is C11H11NO2S2. The molecule has 0 aliphatic rings. The highest BCUT2D eigenvalue weighted by atomic mass is 32.2. The fourth-order valence-corrected chi connectivity index (χ4v) is 3.12. The molecule has 16 heavy (non-hydrogen) atoms. The second-order valence-corrected chi connectivity index (χ2v) is 6.43. The number of thiophene rings is 1. The predicted molar refractivity (Wildman–Crippen MR) is 67.2 cm³/mol. The Morgan fingerprint density at radius 2 is 2.25 bits per heavy atom. The highest BCUT2D eigenvalue weighted by Gasteiger charge is 2.29. The van der Waals surface area contributed by atoms with E-state index in [1.807, 2.05) is 17.5 Å². The van der Waals surface area contributed by atoms with Crippen molar-refractivity contribution in [2.75, 3.05) is 0 Å². The van der Waals surface area contributed by atoms with Gasteiger partial charge in [-0.1, -0.05) is 0 Å². The van der Waals surface area contributed by atoms with Crippen LogP contribution in [-0.4, -0.2) is 20.8 Å². The Bertz CT molecular complexity index is 534. The van der Waals surface area contributed by atoms with Crippen LogP contribution in [-0.2, 0) is 4.79 Å². The zero-order valence-corrected chi connectivity index (χ0v) is 10.6. The highest BCUT2D eigenvalue weighted by molar-refractivity contribution is 8.01. The van der Waals surface area contributed by atoms with Gasteiger partial charge in [0.2, 0.25) is 0 Å². The molecule has 0 saturated heterocycles. The molecule has 0 aliphatic heterocycles. The number of carboxylic acids is 1. The third-order valence-corrected chi connectivity index (χ3v) is 4.29. The lowest BCUT2D eigenvalue weighted by atomic mass is 10.2. The van der Waals surface area contributed by atoms with Crippen LogP contribution in [0.1, 0.15) is 13.8 Å². The summed E-state index contributed by atoms with van der Waals surface area (Å²) in [5.41, 5.74) is 0. The van der Waals surface area contributed by atoms with Crippen LogP contribution >= 0.6 is 23.1 Å². The molecule has 84 valence electrons. The van der Waals surface area contributed by atoms with E-state index in [1.165, 1.54) is 11.8 Å². The molecule has 3 nitrogen and oxygen atoms in total. The van der Waals surface area contributed by atoms with Gasteiger partial charge in [0, 0.05) is 16.5 Å². The first kappa shape index (κ1) is 11.4. The molecule has 0 amide bonds. The number of thioether (sulfide) groups is 1. The third kappa shape index (κ3) is 2.05. The van der Waals surface area contributed by atoms with Crippen LogP contribution < -0.4 is 0 Å². The van der Waals surface area contributed by atoms with Crippen molar-refractivity contribution in [2.45, 2.75) is 23.5 Å². The average Bonchev–Trinajstić information content (AvgIpc) is 2.65. The lowest BCUT2D eigenvalue weighted by Gasteiger charge is -2.18. The maximum absolute atomic E-state index is 11.1. The van der Waals surface area contributed by atoms with Crippen molar-refractivity contribution in [2.24, 2.45) is 0 Å². The van der Waals surface area contributed by atoms with Gasteiger partial charge in [-0.15, -0.1) is 23.1 Å². The summed E-state index contributed by atoms with van der Waals surface area (Å²) < 4.78 is -0.823. The first-order valence-corrected chi connectivity index (χ1v) is 6.45. The molecule has 2 heterocycles. The van der Waals surface area contributed by atoms with E-state index in [0.717, 1.165) is 15.1 Å². The molecule has 5 heteroatoms. The largest absolute Gasteiger partial charge is 0.480 e. The molecule has 0 unspecified atom stereocenters. The third-order valence-electron chi connectivity index (χ3n) is 2.21. The number of carbonyl (C=O) groups is 1. The Morgan fingerprint density at radius 3 is 2.94 bits per heavy atom. The number of rotatable bonds is 3. The molecule has 0 aromatic carbocycles. The maximum Gasteiger partial charge on any atom is 0.319 e. The van der Waals surface area contributed by atoms with Gasteiger partial charge in [-0.25, -0.2) is 4.98 Å². The monoisotopic (exact) mass is 253 g/mol. The van der Waals surface area contributed by atoms with Crippen molar-refractivity contribution in [3.05, 3.63) is 23.7 Å². The predicted octanol–water partition coefficient (Wildman–Crippen LogP) is 3.25. The molecular weight excluding hydrogens is 242 g/mol. The van der Waals surface area contributed by atoms with Gasteiger partial charge < -0.3 is 5.11 Å². The molecule has 0 saturated carbocycles. The summed E-state index contributed by atoms with van der Waals surface area (Å²) in [6.07, 6.45) is 1.72. The van der Waals surface area contributed by atoms with Crippen LogP contribution in [0.2, 0.25) is 0 Å². The topological polar surface area (TPSA) is 50.2 Å². The Labute approximate surface area is 102 Å². The van der Waals surface area contributed by atoms with Gasteiger partial charge >= 0.3 is 5.97 Å². The summed E-state index contributed by atoms with van der Waals surface area (Å²) in [6.45, 7) is 3.41. The first-order chi connectivity index (χ1) is 7.50. The van der Waals surface area contributed by atoms with Gasteiger partial charge in [0.15, 0.2) is 0 Å². The Balaban J connectivity index is 2.41. The Kier molecular flexibility index (Phi) is 2.90. The van der Waals surface area contributed by atoms with E-state index in [-0.39, 0.29) is 0 Å². The fraction of sp³-hybridized carbons (Fsp3) is 0.273. The number of pyridine rings is 1. The molecule has 0 radical (unpaired) electrons. The number of hydrogen-bond acceptors (Lipinski definition) is 4. The minimum absolute atomic E-state index is 0.808. The molecule has 0 atom stereocenters. The number of aromatic nitrogens is 1. The average molecular weight is 253 g/mol. The molecule has 2 aromatic heterocycles. The van der Waals surface area contributed by atoms with Crippen molar-refractivity contribution in [1.29, 1.82) is 0 Å². The van der Waals surface area contributed by atoms with Gasteiger partial charge in [0.05, 0.1) is 0 Å². The van der Waals surface area contributed by atoms with Crippen molar-refractivity contribution in [3.63, 3.8) is 0 Å². The molecule has 1 N–H and O–H groups in total. The van der Waals surface area contributed by atoms with E-state index in [4.69, 9.17) is 5.11 Å². The minimum Gasteiger partial charge on any atom is -0.480 e. The zero-order valence-electron chi connectivity index (χ0n) is 8.93. The van der Waals surface area contributed by atoms with Gasteiger partial charge in [-0.3, -0.25) is 4.79 Å². The summed E-state index contributed by atoms with van der Waals surface area (Å²) in [7, 11) is 0. The van der Waals surface area contributed by atoms with E-state index < -0.39 is 10.7 Å². The van der Waals surface area contributed by atoms with E-state index >= 15 is 0 Å². The second kappa shape index (κ2) is 4.07. The molecule has 2 rings (SSSR count). The number of nitrogens with zero attached hydrogens (tertiary/aromatic N) is 1. The van der Waals surface area contributed by atoms with Crippen molar-refractivity contribution >= 4 is 39.3 Å². The smallest absolute Gasteiger partial charge is 0.319 e. The minimum atomic E-state index is -0.823. The van der Waals surface area contributed by atoms with E-state index in [1.54, 1.807) is 31.4 Å². The van der Waals surface area contributed by atoms with Crippen LogP contribution in [0.15, 0.2) is 28.6 Å². The number of aliphatic carboxylic acids is 1. The van der Waals surface area contributed by atoms with Crippen LogP contribution in [0.4, 0.5) is 0 Å². The van der Waals surface area contributed by atoms with Gasteiger partial charge in [-0.2, -0.15) is 0 Å². The lowest BCUT2D eigenvalue weighted by Crippen LogP contribution is -2.26. The number of carboxylic acid groups (broad SMARTS) is 1. The summed E-state index contributed by atoms with van der Waals surface area (Å²) >= 11 is 2.92. The van der Waals surface area contributed by atoms with Crippen LogP contribution in [0, 0.1) is 0 Å². The second-order valence-electron chi connectivity index (χ2n) is 3.87. The molecule has 0 bridgehead atoms. The number of hydrogen-bond donors (Lipinski definition) is 1. The summed E-state index contributed by atoms with van der Waals surface area (Å²) in [4.78, 5) is 17.2. The summed E-state index contributed by atoms with van der Waals surface area (Å²) in [5.74, 6) is -0.808. The fourth-order valence-electron chi connectivity index (χ4n) is 1.26. The summed E-state index contributed by atoms with van der Waals surface area (Å²) in [6, 6.07) is 3.84. The van der Waals surface area contributed by atoms with Crippen molar-refractivity contribution < 1.29 is 9.90 Å².